The predicted molar refractivity (Wildman–Crippen MR) is 69.5 cm³/mol. The summed E-state index contributed by atoms with van der Waals surface area (Å²) in [6, 6.07) is 16.2. The molecule has 2 rings (SSSR count). The second kappa shape index (κ2) is 5.08. The van der Waals surface area contributed by atoms with E-state index in [4.69, 9.17) is 4.74 Å². The Morgan fingerprint density at radius 3 is 2.25 bits per heavy atom. The summed E-state index contributed by atoms with van der Waals surface area (Å²) in [6.07, 6.45) is 2.07. The van der Waals surface area contributed by atoms with Gasteiger partial charge in [0.25, 0.3) is 0 Å². The molecule has 0 spiro atoms. The van der Waals surface area contributed by atoms with Gasteiger partial charge in [0.15, 0.2) is 0 Å². The fraction of sp³-hybridized carbons (Fsp3) is 0.143. The Labute approximate surface area is 100 Å². The van der Waals surface area contributed by atoms with E-state index < -0.39 is 0 Å². The lowest BCUT2D eigenvalue weighted by Gasteiger charge is -2.08. The molecule has 0 atom stereocenters. The largest absolute Gasteiger partial charge is 0.457 e. The van der Waals surface area contributed by atoms with Gasteiger partial charge in [-0.25, -0.2) is 0 Å². The minimum Gasteiger partial charge on any atom is -0.457 e. The molecular formula is C14H14OS. The zero-order chi connectivity index (χ0) is 11.4. The van der Waals surface area contributed by atoms with Crippen LogP contribution in [0, 0.1) is 6.92 Å². The lowest BCUT2D eigenvalue weighted by Crippen LogP contribution is -1.86. The first kappa shape index (κ1) is 11.1. The van der Waals surface area contributed by atoms with Gasteiger partial charge in [0, 0.05) is 4.90 Å². The Kier molecular flexibility index (Phi) is 3.52. The molecule has 82 valence electrons. The molecule has 0 radical (unpaired) electrons. The molecule has 0 aliphatic heterocycles. The Morgan fingerprint density at radius 2 is 1.62 bits per heavy atom. The lowest BCUT2D eigenvalue weighted by atomic mass is 10.2. The van der Waals surface area contributed by atoms with E-state index in [0.717, 1.165) is 17.1 Å². The molecule has 0 N–H and O–H groups in total. The first-order valence-corrected chi connectivity index (χ1v) is 6.39. The summed E-state index contributed by atoms with van der Waals surface area (Å²) in [6.45, 7) is 2.05. The van der Waals surface area contributed by atoms with Gasteiger partial charge in [-0.3, -0.25) is 0 Å². The number of rotatable bonds is 3. The van der Waals surface area contributed by atoms with Crippen LogP contribution in [0.15, 0.2) is 53.4 Å². The van der Waals surface area contributed by atoms with E-state index in [1.54, 1.807) is 11.8 Å². The molecule has 0 saturated heterocycles. The van der Waals surface area contributed by atoms with Crippen LogP contribution in [0.25, 0.3) is 0 Å². The molecular weight excluding hydrogens is 216 g/mol. The van der Waals surface area contributed by atoms with Crippen molar-refractivity contribution in [2.24, 2.45) is 0 Å². The fourth-order valence-corrected chi connectivity index (χ4v) is 1.85. The first-order valence-electron chi connectivity index (χ1n) is 5.17. The van der Waals surface area contributed by atoms with Gasteiger partial charge in [-0.15, -0.1) is 11.8 Å². The standard InChI is InChI=1S/C14H14OS/c1-11-5-3-4-6-14(11)15-12-7-9-13(16-2)10-8-12/h3-10H,1-2H3. The van der Waals surface area contributed by atoms with Crippen molar-refractivity contribution in [3.05, 3.63) is 54.1 Å². The van der Waals surface area contributed by atoms with Gasteiger partial charge in [0.2, 0.25) is 0 Å². The summed E-state index contributed by atoms with van der Waals surface area (Å²) >= 11 is 1.73. The number of thioether (sulfide) groups is 1. The van der Waals surface area contributed by atoms with Crippen LogP contribution in [0.3, 0.4) is 0 Å². The molecule has 0 unspecified atom stereocenters. The van der Waals surface area contributed by atoms with Crippen molar-refractivity contribution >= 4 is 11.8 Å². The van der Waals surface area contributed by atoms with Gasteiger partial charge in [-0.05, 0) is 49.1 Å². The van der Waals surface area contributed by atoms with Crippen LogP contribution in [0.4, 0.5) is 0 Å². The monoisotopic (exact) mass is 230 g/mol. The van der Waals surface area contributed by atoms with Crippen molar-refractivity contribution in [1.82, 2.24) is 0 Å². The third-order valence-electron chi connectivity index (χ3n) is 2.38. The average molecular weight is 230 g/mol. The van der Waals surface area contributed by atoms with E-state index in [0.29, 0.717) is 0 Å². The third-order valence-corrected chi connectivity index (χ3v) is 3.12. The number of ether oxygens (including phenoxy) is 1. The van der Waals surface area contributed by atoms with Crippen molar-refractivity contribution in [3.8, 4) is 11.5 Å². The van der Waals surface area contributed by atoms with Crippen LogP contribution in [-0.4, -0.2) is 6.26 Å². The molecule has 0 saturated carbocycles. The topological polar surface area (TPSA) is 9.23 Å². The Hall–Kier alpha value is -1.41. The third kappa shape index (κ3) is 2.58. The number of para-hydroxylation sites is 1. The Bertz CT molecular complexity index is 462. The van der Waals surface area contributed by atoms with Crippen LogP contribution in [0.1, 0.15) is 5.56 Å². The molecule has 0 aliphatic carbocycles. The maximum Gasteiger partial charge on any atom is 0.130 e. The van der Waals surface area contributed by atoms with Gasteiger partial charge in [-0.2, -0.15) is 0 Å². The fourth-order valence-electron chi connectivity index (χ4n) is 1.44. The van der Waals surface area contributed by atoms with Gasteiger partial charge in [-0.1, -0.05) is 18.2 Å². The van der Waals surface area contributed by atoms with Crippen LogP contribution in [0.2, 0.25) is 0 Å². The van der Waals surface area contributed by atoms with Crippen molar-refractivity contribution < 1.29 is 4.74 Å². The van der Waals surface area contributed by atoms with E-state index in [1.165, 1.54) is 4.90 Å². The van der Waals surface area contributed by atoms with Gasteiger partial charge in [0.1, 0.15) is 11.5 Å². The second-order valence-corrected chi connectivity index (χ2v) is 4.42. The van der Waals surface area contributed by atoms with Crippen LogP contribution >= 0.6 is 11.8 Å². The van der Waals surface area contributed by atoms with E-state index >= 15 is 0 Å². The minimum absolute atomic E-state index is 0.882. The lowest BCUT2D eigenvalue weighted by molar-refractivity contribution is 0.478. The summed E-state index contributed by atoms with van der Waals surface area (Å²) in [5, 5.41) is 0. The highest BCUT2D eigenvalue weighted by atomic mass is 32.2. The van der Waals surface area contributed by atoms with Crippen LogP contribution in [-0.2, 0) is 0 Å². The summed E-state index contributed by atoms with van der Waals surface area (Å²) in [4.78, 5) is 1.25. The SMILES string of the molecule is CSc1ccc(Oc2ccccc2C)cc1. The number of hydrogen-bond acceptors (Lipinski definition) is 2. The summed E-state index contributed by atoms with van der Waals surface area (Å²) in [5.41, 5.74) is 1.15. The van der Waals surface area contributed by atoms with Crippen molar-refractivity contribution in [1.29, 1.82) is 0 Å². The maximum absolute atomic E-state index is 5.80. The number of hydrogen-bond donors (Lipinski definition) is 0. The number of benzene rings is 2. The maximum atomic E-state index is 5.80. The molecule has 2 aromatic rings. The Morgan fingerprint density at radius 1 is 0.938 bits per heavy atom. The second-order valence-electron chi connectivity index (χ2n) is 3.54. The van der Waals surface area contributed by atoms with Crippen molar-refractivity contribution in [3.63, 3.8) is 0 Å². The molecule has 1 nitrogen and oxygen atoms in total. The first-order chi connectivity index (χ1) is 7.79. The molecule has 0 amide bonds. The zero-order valence-corrected chi connectivity index (χ0v) is 10.3. The molecule has 0 aliphatic rings. The summed E-state index contributed by atoms with van der Waals surface area (Å²) in [5.74, 6) is 1.80. The quantitative estimate of drug-likeness (QED) is 0.717. The normalized spacial score (nSPS) is 10.1. The van der Waals surface area contributed by atoms with Crippen molar-refractivity contribution in [2.45, 2.75) is 11.8 Å². The highest BCUT2D eigenvalue weighted by Gasteiger charge is 1.99. The zero-order valence-electron chi connectivity index (χ0n) is 9.44. The predicted octanol–water partition coefficient (Wildman–Crippen LogP) is 4.51. The summed E-state index contributed by atoms with van der Waals surface area (Å²) in [7, 11) is 0. The Balaban J connectivity index is 2.18. The van der Waals surface area contributed by atoms with Crippen molar-refractivity contribution in [2.75, 3.05) is 6.26 Å². The van der Waals surface area contributed by atoms with E-state index in [-0.39, 0.29) is 0 Å². The molecule has 0 fully saturated rings. The average Bonchev–Trinajstić information content (AvgIpc) is 2.33. The highest BCUT2D eigenvalue weighted by Crippen LogP contribution is 2.26. The molecule has 0 bridgehead atoms. The van der Waals surface area contributed by atoms with E-state index in [2.05, 4.69) is 18.4 Å². The van der Waals surface area contributed by atoms with Gasteiger partial charge in [0.05, 0.1) is 0 Å². The van der Waals surface area contributed by atoms with E-state index in [1.807, 2.05) is 43.3 Å². The summed E-state index contributed by atoms with van der Waals surface area (Å²) < 4.78 is 5.80. The van der Waals surface area contributed by atoms with Gasteiger partial charge < -0.3 is 4.74 Å². The van der Waals surface area contributed by atoms with Crippen LogP contribution in [0.5, 0.6) is 11.5 Å². The molecule has 0 aromatic heterocycles. The highest BCUT2D eigenvalue weighted by molar-refractivity contribution is 7.98. The smallest absolute Gasteiger partial charge is 0.130 e. The molecule has 2 heteroatoms. The number of aryl methyl sites for hydroxylation is 1. The minimum atomic E-state index is 0.882. The molecule has 2 aromatic carbocycles. The van der Waals surface area contributed by atoms with E-state index in [9.17, 15) is 0 Å². The molecule has 0 heterocycles. The van der Waals surface area contributed by atoms with Crippen LogP contribution < -0.4 is 4.74 Å². The molecule has 16 heavy (non-hydrogen) atoms. The van der Waals surface area contributed by atoms with Gasteiger partial charge >= 0.3 is 0 Å².